The third-order valence-electron chi connectivity index (χ3n) is 3.70. The molecule has 2 N–H and O–H groups in total. The van der Waals surface area contributed by atoms with Gasteiger partial charge in [0, 0.05) is 17.8 Å². The number of hydrogen-bond acceptors (Lipinski definition) is 2. The fraction of sp³-hybridized carbons (Fsp3) is 0.917. The first kappa shape index (κ1) is 15.4. The molecule has 0 radical (unpaired) electrons. The highest BCUT2D eigenvalue weighted by Crippen LogP contribution is 2.47. The lowest BCUT2D eigenvalue weighted by molar-refractivity contribution is 0.428. The fourth-order valence-electron chi connectivity index (χ4n) is 2.19. The van der Waals surface area contributed by atoms with Gasteiger partial charge in [-0.3, -0.25) is 4.99 Å². The van der Waals surface area contributed by atoms with Crippen LogP contribution in [0.25, 0.3) is 0 Å². The van der Waals surface area contributed by atoms with Crippen LogP contribution in [-0.4, -0.2) is 41.5 Å². The van der Waals surface area contributed by atoms with Gasteiger partial charge in [-0.25, -0.2) is 0 Å². The number of guanidine groups is 1. The molecule has 0 amide bonds. The minimum absolute atomic E-state index is 0. The summed E-state index contributed by atoms with van der Waals surface area (Å²) in [5.74, 6) is 0.780. The second-order valence-electron chi connectivity index (χ2n) is 4.96. The van der Waals surface area contributed by atoms with Crippen LogP contribution in [-0.2, 0) is 0 Å². The Kier molecular flexibility index (Phi) is 6.40. The topological polar surface area (TPSA) is 41.6 Å². The van der Waals surface area contributed by atoms with Gasteiger partial charge >= 0.3 is 0 Å². The molecule has 5 heteroatoms. The Hall–Kier alpha value is 0.350. The lowest BCUT2D eigenvalue weighted by Gasteiger charge is -2.21. The average molecular weight is 369 g/mol. The van der Waals surface area contributed by atoms with Crippen LogP contribution >= 0.6 is 35.7 Å². The molecule has 2 aliphatic rings. The molecule has 1 saturated carbocycles. The summed E-state index contributed by atoms with van der Waals surface area (Å²) in [6.07, 6.45) is 10.0. The number of nitrogens with two attached hydrogens (primary N) is 1. The van der Waals surface area contributed by atoms with Crippen molar-refractivity contribution in [1.29, 1.82) is 0 Å². The van der Waals surface area contributed by atoms with Crippen LogP contribution in [0, 0.1) is 0 Å². The summed E-state index contributed by atoms with van der Waals surface area (Å²) in [5, 5.41) is 0. The monoisotopic (exact) mass is 369 g/mol. The second kappa shape index (κ2) is 7.07. The van der Waals surface area contributed by atoms with E-state index in [9.17, 15) is 0 Å². The van der Waals surface area contributed by atoms with Gasteiger partial charge in [0.2, 0.25) is 0 Å². The molecule has 2 fully saturated rings. The summed E-state index contributed by atoms with van der Waals surface area (Å²) < 4.78 is 0.441. The smallest absolute Gasteiger partial charge is 0.191 e. The standard InChI is InChI=1S/C12H23N3S.HI/c1-16-12(6-7-12)10-14-11(13)15-8-4-2-3-5-9-15;/h2-10H2,1H3,(H2,13,14);1H. The molecule has 100 valence electrons. The molecule has 3 nitrogen and oxygen atoms in total. The number of rotatable bonds is 3. The van der Waals surface area contributed by atoms with Crippen molar-refractivity contribution >= 4 is 41.7 Å². The summed E-state index contributed by atoms with van der Waals surface area (Å²) in [7, 11) is 0. The first-order valence-corrected chi connectivity index (χ1v) is 7.58. The Labute approximate surface area is 126 Å². The second-order valence-corrected chi connectivity index (χ2v) is 6.24. The van der Waals surface area contributed by atoms with Gasteiger partial charge in [0.25, 0.3) is 0 Å². The van der Waals surface area contributed by atoms with Crippen molar-refractivity contribution in [3.05, 3.63) is 0 Å². The van der Waals surface area contributed by atoms with E-state index in [1.54, 1.807) is 0 Å². The van der Waals surface area contributed by atoms with E-state index < -0.39 is 0 Å². The van der Waals surface area contributed by atoms with E-state index in [2.05, 4.69) is 16.1 Å². The van der Waals surface area contributed by atoms with Gasteiger partial charge in [-0.05, 0) is 31.9 Å². The van der Waals surface area contributed by atoms with Gasteiger partial charge in [0.15, 0.2) is 5.96 Å². The van der Waals surface area contributed by atoms with Crippen LogP contribution in [0.1, 0.15) is 38.5 Å². The normalized spacial score (nSPS) is 23.8. The van der Waals surface area contributed by atoms with Crippen molar-refractivity contribution in [1.82, 2.24) is 4.90 Å². The third-order valence-corrected chi connectivity index (χ3v) is 5.10. The van der Waals surface area contributed by atoms with E-state index >= 15 is 0 Å². The summed E-state index contributed by atoms with van der Waals surface area (Å²) in [5.41, 5.74) is 6.07. The molecule has 1 saturated heterocycles. The molecule has 0 aromatic carbocycles. The molecule has 17 heavy (non-hydrogen) atoms. The van der Waals surface area contributed by atoms with Crippen molar-refractivity contribution in [3.63, 3.8) is 0 Å². The van der Waals surface area contributed by atoms with Crippen LogP contribution in [0.4, 0.5) is 0 Å². The predicted molar refractivity (Wildman–Crippen MR) is 87.4 cm³/mol. The fourth-order valence-corrected chi connectivity index (χ4v) is 2.90. The molecule has 0 aromatic rings. The molecule has 0 spiro atoms. The minimum atomic E-state index is 0. The molecule has 0 unspecified atom stereocenters. The van der Waals surface area contributed by atoms with Crippen LogP contribution in [0.15, 0.2) is 4.99 Å². The molecule has 0 atom stereocenters. The Balaban J connectivity index is 0.00000144. The lowest BCUT2D eigenvalue weighted by Crippen LogP contribution is -2.38. The van der Waals surface area contributed by atoms with E-state index in [0.29, 0.717) is 4.75 Å². The summed E-state index contributed by atoms with van der Waals surface area (Å²) in [6, 6.07) is 0. The van der Waals surface area contributed by atoms with Crippen LogP contribution in [0.2, 0.25) is 0 Å². The van der Waals surface area contributed by atoms with Crippen molar-refractivity contribution in [2.24, 2.45) is 10.7 Å². The Bertz CT molecular complexity index is 258. The molecule has 0 aromatic heterocycles. The first-order chi connectivity index (χ1) is 7.76. The number of likely N-dealkylation sites (tertiary alicyclic amines) is 1. The van der Waals surface area contributed by atoms with Crippen molar-refractivity contribution in [3.8, 4) is 0 Å². The molecule has 1 aliphatic heterocycles. The summed E-state index contributed by atoms with van der Waals surface area (Å²) in [6.45, 7) is 3.11. The number of halogens is 1. The quantitative estimate of drug-likeness (QED) is 0.473. The molecule has 2 rings (SSSR count). The molecular weight excluding hydrogens is 345 g/mol. The van der Waals surface area contributed by atoms with Crippen LogP contribution in [0.5, 0.6) is 0 Å². The van der Waals surface area contributed by atoms with E-state index in [-0.39, 0.29) is 24.0 Å². The van der Waals surface area contributed by atoms with Gasteiger partial charge in [0.05, 0.1) is 6.54 Å². The zero-order valence-electron chi connectivity index (χ0n) is 10.7. The minimum Gasteiger partial charge on any atom is -0.370 e. The molecular formula is C12H24IN3S. The van der Waals surface area contributed by atoms with Gasteiger partial charge in [-0.15, -0.1) is 24.0 Å². The van der Waals surface area contributed by atoms with Crippen LogP contribution < -0.4 is 5.73 Å². The van der Waals surface area contributed by atoms with Crippen molar-refractivity contribution < 1.29 is 0 Å². The van der Waals surface area contributed by atoms with E-state index in [1.165, 1.54) is 38.5 Å². The zero-order valence-corrected chi connectivity index (χ0v) is 13.8. The van der Waals surface area contributed by atoms with E-state index in [0.717, 1.165) is 25.6 Å². The average Bonchev–Trinajstić information content (AvgIpc) is 3.11. The number of nitrogens with zero attached hydrogens (tertiary/aromatic N) is 2. The number of aliphatic imine (C=N–C) groups is 1. The summed E-state index contributed by atoms with van der Waals surface area (Å²) >= 11 is 1.95. The summed E-state index contributed by atoms with van der Waals surface area (Å²) in [4.78, 5) is 6.86. The van der Waals surface area contributed by atoms with Gasteiger partial charge in [-0.1, -0.05) is 12.8 Å². The van der Waals surface area contributed by atoms with Crippen molar-refractivity contribution in [2.75, 3.05) is 25.9 Å². The van der Waals surface area contributed by atoms with Crippen molar-refractivity contribution in [2.45, 2.75) is 43.3 Å². The lowest BCUT2D eigenvalue weighted by atomic mass is 10.2. The predicted octanol–water partition coefficient (Wildman–Crippen LogP) is 2.69. The van der Waals surface area contributed by atoms with E-state index in [4.69, 9.17) is 5.73 Å². The largest absolute Gasteiger partial charge is 0.370 e. The van der Waals surface area contributed by atoms with Gasteiger partial charge in [-0.2, -0.15) is 11.8 Å². The SMILES string of the molecule is CSC1(CN=C(N)N2CCCCCC2)CC1.I. The first-order valence-electron chi connectivity index (χ1n) is 6.36. The zero-order chi connectivity index (χ0) is 11.4. The van der Waals surface area contributed by atoms with Gasteiger partial charge < -0.3 is 10.6 Å². The maximum absolute atomic E-state index is 6.07. The van der Waals surface area contributed by atoms with Gasteiger partial charge in [0.1, 0.15) is 0 Å². The maximum atomic E-state index is 6.07. The molecule has 1 aliphatic carbocycles. The Morgan fingerprint density at radius 2 is 1.82 bits per heavy atom. The maximum Gasteiger partial charge on any atom is 0.191 e. The number of thioether (sulfide) groups is 1. The number of hydrogen-bond donors (Lipinski definition) is 1. The third kappa shape index (κ3) is 4.50. The van der Waals surface area contributed by atoms with Crippen LogP contribution in [0.3, 0.4) is 0 Å². The molecule has 1 heterocycles. The van der Waals surface area contributed by atoms with E-state index in [1.807, 2.05) is 11.8 Å². The Morgan fingerprint density at radius 3 is 2.29 bits per heavy atom. The Morgan fingerprint density at radius 1 is 1.24 bits per heavy atom. The highest BCUT2D eigenvalue weighted by molar-refractivity contribution is 14.0. The highest BCUT2D eigenvalue weighted by Gasteiger charge is 2.41. The molecule has 0 bridgehead atoms. The highest BCUT2D eigenvalue weighted by atomic mass is 127.